The number of carboxylic acids is 2. The lowest BCUT2D eigenvalue weighted by atomic mass is 10.1. The van der Waals surface area contributed by atoms with E-state index in [1.54, 1.807) is 0 Å². The van der Waals surface area contributed by atoms with E-state index in [9.17, 15) is 14.4 Å². The Morgan fingerprint density at radius 2 is 1.35 bits per heavy atom. The molecule has 7 N–H and O–H groups in total. The van der Waals surface area contributed by atoms with Crippen LogP contribution in [0.2, 0.25) is 0 Å². The topological polar surface area (TPSA) is 156 Å². The van der Waals surface area contributed by atoms with Crippen LogP contribution in [0.4, 0.5) is 17.1 Å². The van der Waals surface area contributed by atoms with E-state index in [0.717, 1.165) is 0 Å². The fourth-order valence-corrected chi connectivity index (χ4v) is 1.94. The lowest BCUT2D eigenvalue weighted by Crippen LogP contribution is -2.14. The number of anilines is 3. The molecule has 0 unspecified atom stereocenters. The molecule has 0 heterocycles. The third kappa shape index (κ3) is 3.38. The zero-order chi connectivity index (χ0) is 17.1. The first-order valence-corrected chi connectivity index (χ1v) is 6.36. The van der Waals surface area contributed by atoms with Crippen LogP contribution >= 0.6 is 0 Å². The first-order chi connectivity index (χ1) is 10.8. The first kappa shape index (κ1) is 15.8. The molecule has 8 heteroatoms. The number of rotatable bonds is 4. The van der Waals surface area contributed by atoms with Crippen molar-refractivity contribution in [2.45, 2.75) is 0 Å². The Labute approximate surface area is 130 Å². The third-order valence-electron chi connectivity index (χ3n) is 3.08. The van der Waals surface area contributed by atoms with Gasteiger partial charge in [-0.25, -0.2) is 9.59 Å². The number of benzene rings is 2. The van der Waals surface area contributed by atoms with E-state index in [-0.39, 0.29) is 28.1 Å². The normalized spacial score (nSPS) is 10.1. The van der Waals surface area contributed by atoms with Crippen molar-refractivity contribution >= 4 is 34.9 Å². The number of hydrogen-bond donors (Lipinski definition) is 5. The van der Waals surface area contributed by atoms with Crippen LogP contribution in [0.25, 0.3) is 0 Å². The van der Waals surface area contributed by atoms with Crippen molar-refractivity contribution in [3.8, 4) is 0 Å². The Hall–Kier alpha value is -3.55. The van der Waals surface area contributed by atoms with Gasteiger partial charge >= 0.3 is 11.9 Å². The molecule has 0 saturated heterocycles. The van der Waals surface area contributed by atoms with Crippen LogP contribution in [0.5, 0.6) is 0 Å². The average Bonchev–Trinajstić information content (AvgIpc) is 2.46. The number of nitrogens with two attached hydrogens (primary N) is 2. The van der Waals surface area contributed by atoms with Gasteiger partial charge in [-0.15, -0.1) is 0 Å². The highest BCUT2D eigenvalue weighted by Gasteiger charge is 2.13. The average molecular weight is 315 g/mol. The van der Waals surface area contributed by atoms with Gasteiger partial charge in [0.1, 0.15) is 0 Å². The molecule has 0 aliphatic heterocycles. The molecule has 0 radical (unpaired) electrons. The summed E-state index contributed by atoms with van der Waals surface area (Å²) >= 11 is 0. The lowest BCUT2D eigenvalue weighted by molar-refractivity contribution is 0.0687. The zero-order valence-electron chi connectivity index (χ0n) is 11.7. The van der Waals surface area contributed by atoms with E-state index in [2.05, 4.69) is 5.32 Å². The van der Waals surface area contributed by atoms with E-state index in [1.165, 1.54) is 36.4 Å². The van der Waals surface area contributed by atoms with Crippen molar-refractivity contribution in [3.05, 3.63) is 53.1 Å². The zero-order valence-corrected chi connectivity index (χ0v) is 11.7. The van der Waals surface area contributed by atoms with Gasteiger partial charge in [0.05, 0.1) is 11.1 Å². The maximum Gasteiger partial charge on any atom is 0.337 e. The molecule has 23 heavy (non-hydrogen) atoms. The number of nitrogens with one attached hydrogen (secondary N) is 1. The Kier molecular flexibility index (Phi) is 4.17. The molecule has 0 spiro atoms. The highest BCUT2D eigenvalue weighted by atomic mass is 16.4. The number of hydrogen-bond acceptors (Lipinski definition) is 5. The predicted molar refractivity (Wildman–Crippen MR) is 83.6 cm³/mol. The second-order valence-corrected chi connectivity index (χ2v) is 4.67. The molecule has 0 atom stereocenters. The Balaban J connectivity index is 2.22. The fourth-order valence-electron chi connectivity index (χ4n) is 1.94. The van der Waals surface area contributed by atoms with Crippen molar-refractivity contribution in [2.24, 2.45) is 0 Å². The van der Waals surface area contributed by atoms with Crippen molar-refractivity contribution in [1.29, 1.82) is 0 Å². The number of carbonyl (C=O) groups is 3. The Bertz CT molecular complexity index is 817. The molecule has 1 amide bonds. The second kappa shape index (κ2) is 6.06. The Morgan fingerprint density at radius 3 is 1.83 bits per heavy atom. The number of aromatic carboxylic acids is 2. The minimum atomic E-state index is -1.19. The predicted octanol–water partition coefficient (Wildman–Crippen LogP) is 1.50. The van der Waals surface area contributed by atoms with Gasteiger partial charge in [-0.1, -0.05) is 0 Å². The van der Waals surface area contributed by atoms with Gasteiger partial charge in [0.2, 0.25) is 0 Å². The SMILES string of the molecule is Nc1cc(NC(=O)c2ccc(C(=O)O)c(N)c2)ccc1C(=O)O. The monoisotopic (exact) mass is 315 g/mol. The molecule has 2 aromatic rings. The summed E-state index contributed by atoms with van der Waals surface area (Å²) in [5.41, 5.74) is 11.4. The highest BCUT2D eigenvalue weighted by Crippen LogP contribution is 2.20. The van der Waals surface area contributed by atoms with Crippen molar-refractivity contribution in [2.75, 3.05) is 16.8 Å². The quantitative estimate of drug-likeness (QED) is 0.535. The summed E-state index contributed by atoms with van der Waals surface area (Å²) in [6.07, 6.45) is 0. The maximum atomic E-state index is 12.1. The van der Waals surface area contributed by atoms with E-state index in [0.29, 0.717) is 5.69 Å². The van der Waals surface area contributed by atoms with Crippen LogP contribution in [-0.2, 0) is 0 Å². The summed E-state index contributed by atoms with van der Waals surface area (Å²) in [6.45, 7) is 0. The molecular weight excluding hydrogens is 302 g/mol. The van der Waals surface area contributed by atoms with Crippen LogP contribution in [0.1, 0.15) is 31.1 Å². The van der Waals surface area contributed by atoms with E-state index in [4.69, 9.17) is 21.7 Å². The Morgan fingerprint density at radius 1 is 0.826 bits per heavy atom. The number of carboxylic acid groups (broad SMARTS) is 2. The molecule has 0 aliphatic rings. The standard InChI is InChI=1S/C15H13N3O5/c16-11-5-7(1-3-9(11)14(20)21)13(19)18-8-2-4-10(15(22)23)12(17)6-8/h1-6H,16-17H2,(H,18,19)(H,20,21)(H,22,23). The summed E-state index contributed by atoms with van der Waals surface area (Å²) in [6, 6.07) is 7.78. The summed E-state index contributed by atoms with van der Waals surface area (Å²) < 4.78 is 0. The fraction of sp³-hybridized carbons (Fsp3) is 0. The number of amides is 1. The van der Waals surface area contributed by atoms with Crippen LogP contribution < -0.4 is 16.8 Å². The molecule has 0 fully saturated rings. The highest BCUT2D eigenvalue weighted by molar-refractivity contribution is 6.06. The van der Waals surface area contributed by atoms with Gasteiger partial charge in [-0.3, -0.25) is 4.79 Å². The van der Waals surface area contributed by atoms with Gasteiger partial charge in [0.25, 0.3) is 5.91 Å². The van der Waals surface area contributed by atoms with Crippen LogP contribution in [-0.4, -0.2) is 28.1 Å². The second-order valence-electron chi connectivity index (χ2n) is 4.67. The molecule has 0 aliphatic carbocycles. The molecule has 0 saturated carbocycles. The van der Waals surface area contributed by atoms with Crippen LogP contribution in [0.15, 0.2) is 36.4 Å². The number of carbonyl (C=O) groups excluding carboxylic acids is 1. The van der Waals surface area contributed by atoms with E-state index >= 15 is 0 Å². The van der Waals surface area contributed by atoms with Gasteiger partial charge in [0.15, 0.2) is 0 Å². The molecule has 2 rings (SSSR count). The van der Waals surface area contributed by atoms with E-state index < -0.39 is 17.8 Å². The maximum absolute atomic E-state index is 12.1. The summed E-state index contributed by atoms with van der Waals surface area (Å²) in [5.74, 6) is -2.89. The van der Waals surface area contributed by atoms with Crippen LogP contribution in [0, 0.1) is 0 Å². The molecular formula is C15H13N3O5. The molecule has 118 valence electrons. The lowest BCUT2D eigenvalue weighted by Gasteiger charge is -2.09. The van der Waals surface area contributed by atoms with Gasteiger partial charge in [-0.05, 0) is 36.4 Å². The molecule has 2 aromatic carbocycles. The van der Waals surface area contributed by atoms with Crippen molar-refractivity contribution in [1.82, 2.24) is 0 Å². The summed E-state index contributed by atoms with van der Waals surface area (Å²) in [5, 5.41) is 20.3. The van der Waals surface area contributed by atoms with Crippen LogP contribution in [0.3, 0.4) is 0 Å². The summed E-state index contributed by atoms with van der Waals surface area (Å²) in [7, 11) is 0. The largest absolute Gasteiger partial charge is 0.478 e. The van der Waals surface area contributed by atoms with E-state index in [1.807, 2.05) is 0 Å². The smallest absolute Gasteiger partial charge is 0.337 e. The van der Waals surface area contributed by atoms with Crippen molar-refractivity contribution in [3.63, 3.8) is 0 Å². The van der Waals surface area contributed by atoms with Gasteiger partial charge < -0.3 is 27.0 Å². The minimum absolute atomic E-state index is 0.0102. The van der Waals surface area contributed by atoms with Gasteiger partial charge in [-0.2, -0.15) is 0 Å². The minimum Gasteiger partial charge on any atom is -0.478 e. The van der Waals surface area contributed by atoms with Gasteiger partial charge in [0, 0.05) is 22.6 Å². The molecule has 8 nitrogen and oxygen atoms in total. The first-order valence-electron chi connectivity index (χ1n) is 6.36. The molecule has 0 aromatic heterocycles. The number of nitrogen functional groups attached to an aromatic ring is 2. The van der Waals surface area contributed by atoms with Crippen molar-refractivity contribution < 1.29 is 24.6 Å². The molecule has 0 bridgehead atoms. The third-order valence-corrected chi connectivity index (χ3v) is 3.08. The summed E-state index contributed by atoms with van der Waals surface area (Å²) in [4.78, 5) is 33.9.